The predicted octanol–water partition coefficient (Wildman–Crippen LogP) is 1.60. The van der Waals surface area contributed by atoms with Crippen LogP contribution in [0.4, 0.5) is 4.79 Å². The number of hydrogen-bond donors (Lipinski definition) is 2. The molecule has 0 aromatic rings. The molecule has 1 amide bonds. The molecule has 0 aliphatic heterocycles. The molecule has 0 saturated heterocycles. The summed E-state index contributed by atoms with van der Waals surface area (Å²) in [6.45, 7) is 6.48. The minimum absolute atomic E-state index is 0.0166. The average molecular weight is 283 g/mol. The van der Waals surface area contributed by atoms with Crippen LogP contribution < -0.4 is 0 Å². The van der Waals surface area contributed by atoms with E-state index in [0.717, 1.165) is 0 Å². The number of hydrogen-bond acceptors (Lipinski definition) is 4. The summed E-state index contributed by atoms with van der Waals surface area (Å²) in [5.74, 6) is 0. The van der Waals surface area contributed by atoms with E-state index in [9.17, 15) is 9.36 Å². The Labute approximate surface area is 107 Å². The Balaban J connectivity index is 3.74. The number of amides is 1. The standard InChI is InChI=1S/C10H22NO6P/c1-10(2,3)8-11(4)9(12)16-6-5-7-17-18(13,14)15/h5-8H2,1-4H3,(H2,13,14,15). The van der Waals surface area contributed by atoms with E-state index in [1.54, 1.807) is 7.05 Å². The minimum Gasteiger partial charge on any atom is -0.449 e. The lowest BCUT2D eigenvalue weighted by atomic mass is 9.96. The van der Waals surface area contributed by atoms with Crippen LogP contribution in [0.25, 0.3) is 0 Å². The Kier molecular flexibility index (Phi) is 6.84. The van der Waals surface area contributed by atoms with E-state index in [4.69, 9.17) is 14.5 Å². The van der Waals surface area contributed by atoms with Gasteiger partial charge in [-0.05, 0) is 5.41 Å². The van der Waals surface area contributed by atoms with Gasteiger partial charge in [0, 0.05) is 20.0 Å². The lowest BCUT2D eigenvalue weighted by molar-refractivity contribution is 0.0921. The highest BCUT2D eigenvalue weighted by molar-refractivity contribution is 7.46. The van der Waals surface area contributed by atoms with Crippen molar-refractivity contribution < 1.29 is 28.4 Å². The highest BCUT2D eigenvalue weighted by Crippen LogP contribution is 2.35. The molecule has 0 rings (SSSR count). The topological polar surface area (TPSA) is 96.3 Å². The third-order valence-corrected chi connectivity index (χ3v) is 2.32. The predicted molar refractivity (Wildman–Crippen MR) is 66.0 cm³/mol. The molecule has 108 valence electrons. The summed E-state index contributed by atoms with van der Waals surface area (Å²) in [6, 6.07) is 0. The number of carbonyl (C=O) groups is 1. The van der Waals surface area contributed by atoms with E-state index in [2.05, 4.69) is 4.52 Å². The SMILES string of the molecule is CN(CC(C)(C)C)C(=O)OCCCOP(=O)(O)O. The molecule has 0 radical (unpaired) electrons. The minimum atomic E-state index is -4.43. The number of phosphoric ester groups is 1. The summed E-state index contributed by atoms with van der Waals surface area (Å²) in [5, 5.41) is 0. The third kappa shape index (κ3) is 10.5. The lowest BCUT2D eigenvalue weighted by Crippen LogP contribution is -2.35. The number of carbonyl (C=O) groups excluding carboxylic acids is 1. The van der Waals surface area contributed by atoms with E-state index >= 15 is 0 Å². The molecule has 0 aliphatic carbocycles. The molecule has 0 spiro atoms. The van der Waals surface area contributed by atoms with Crippen molar-refractivity contribution in [1.82, 2.24) is 4.90 Å². The zero-order chi connectivity index (χ0) is 14.4. The summed E-state index contributed by atoms with van der Waals surface area (Å²) in [6.07, 6.45) is -0.221. The molecule has 0 saturated carbocycles. The fourth-order valence-electron chi connectivity index (χ4n) is 1.29. The zero-order valence-electron chi connectivity index (χ0n) is 11.3. The van der Waals surface area contributed by atoms with Gasteiger partial charge >= 0.3 is 13.9 Å². The van der Waals surface area contributed by atoms with E-state index in [1.165, 1.54) is 4.90 Å². The Bertz CT molecular complexity index is 308. The summed E-state index contributed by atoms with van der Waals surface area (Å²) in [4.78, 5) is 29.8. The fraction of sp³-hybridized carbons (Fsp3) is 0.900. The molecule has 2 N–H and O–H groups in total. The van der Waals surface area contributed by atoms with Gasteiger partial charge in [-0.25, -0.2) is 9.36 Å². The largest absolute Gasteiger partial charge is 0.469 e. The first-order valence-corrected chi connectivity index (χ1v) is 7.12. The van der Waals surface area contributed by atoms with Gasteiger partial charge in [0.2, 0.25) is 0 Å². The second-order valence-electron chi connectivity index (χ2n) is 5.21. The monoisotopic (exact) mass is 283 g/mol. The van der Waals surface area contributed by atoms with E-state index in [1.807, 2.05) is 20.8 Å². The maximum absolute atomic E-state index is 11.5. The number of rotatable bonds is 6. The lowest BCUT2D eigenvalue weighted by Gasteiger charge is -2.25. The second-order valence-corrected chi connectivity index (χ2v) is 6.45. The Morgan fingerprint density at radius 3 is 2.28 bits per heavy atom. The Morgan fingerprint density at radius 2 is 1.83 bits per heavy atom. The van der Waals surface area contributed by atoms with Crippen LogP contribution >= 0.6 is 7.82 Å². The van der Waals surface area contributed by atoms with Crippen molar-refractivity contribution in [2.24, 2.45) is 5.41 Å². The first-order valence-electron chi connectivity index (χ1n) is 5.59. The van der Waals surface area contributed by atoms with Gasteiger partial charge in [0.15, 0.2) is 0 Å². The van der Waals surface area contributed by atoms with Gasteiger partial charge in [-0.1, -0.05) is 20.8 Å². The van der Waals surface area contributed by atoms with E-state index < -0.39 is 13.9 Å². The molecule has 0 fully saturated rings. The number of phosphoric acid groups is 1. The van der Waals surface area contributed by atoms with E-state index in [-0.39, 0.29) is 25.0 Å². The Morgan fingerprint density at radius 1 is 1.28 bits per heavy atom. The van der Waals surface area contributed by atoms with Gasteiger partial charge in [-0.3, -0.25) is 4.52 Å². The van der Waals surface area contributed by atoms with Gasteiger partial charge in [0.05, 0.1) is 13.2 Å². The molecule has 0 bridgehead atoms. The van der Waals surface area contributed by atoms with Crippen LogP contribution in [-0.2, 0) is 13.8 Å². The van der Waals surface area contributed by atoms with Crippen molar-refractivity contribution >= 4 is 13.9 Å². The van der Waals surface area contributed by atoms with Crippen LogP contribution in [0.3, 0.4) is 0 Å². The molecule has 0 heterocycles. The molecule has 0 aliphatic rings. The quantitative estimate of drug-likeness (QED) is 0.567. The van der Waals surface area contributed by atoms with Gasteiger partial charge in [-0.2, -0.15) is 0 Å². The van der Waals surface area contributed by atoms with Crippen LogP contribution in [0, 0.1) is 5.41 Å². The van der Waals surface area contributed by atoms with Crippen molar-refractivity contribution in [3.8, 4) is 0 Å². The number of nitrogens with zero attached hydrogens (tertiary/aromatic N) is 1. The molecule has 8 heteroatoms. The first-order chi connectivity index (χ1) is 8.01. The zero-order valence-corrected chi connectivity index (χ0v) is 12.1. The van der Waals surface area contributed by atoms with Crippen molar-refractivity contribution in [1.29, 1.82) is 0 Å². The van der Waals surface area contributed by atoms with Gasteiger partial charge in [-0.15, -0.1) is 0 Å². The van der Waals surface area contributed by atoms with Crippen molar-refractivity contribution in [2.75, 3.05) is 26.8 Å². The van der Waals surface area contributed by atoms with Crippen LogP contribution in [0.5, 0.6) is 0 Å². The van der Waals surface area contributed by atoms with Crippen molar-refractivity contribution in [3.05, 3.63) is 0 Å². The summed E-state index contributed by atoms with van der Waals surface area (Å²) >= 11 is 0. The van der Waals surface area contributed by atoms with Gasteiger partial charge in [0.1, 0.15) is 0 Å². The highest BCUT2D eigenvalue weighted by Gasteiger charge is 2.18. The average Bonchev–Trinajstić information content (AvgIpc) is 2.12. The van der Waals surface area contributed by atoms with Crippen molar-refractivity contribution in [2.45, 2.75) is 27.2 Å². The van der Waals surface area contributed by atoms with Crippen LogP contribution in [0.1, 0.15) is 27.2 Å². The van der Waals surface area contributed by atoms with Crippen LogP contribution in [0.2, 0.25) is 0 Å². The van der Waals surface area contributed by atoms with Gasteiger partial charge < -0.3 is 19.4 Å². The molecule has 0 unspecified atom stereocenters. The maximum Gasteiger partial charge on any atom is 0.469 e. The molecular formula is C10H22NO6P. The molecular weight excluding hydrogens is 261 g/mol. The van der Waals surface area contributed by atoms with Crippen LogP contribution in [-0.4, -0.2) is 47.6 Å². The third-order valence-electron chi connectivity index (χ3n) is 1.80. The smallest absolute Gasteiger partial charge is 0.449 e. The molecule has 0 aromatic carbocycles. The molecule has 0 atom stereocenters. The molecule has 18 heavy (non-hydrogen) atoms. The van der Waals surface area contributed by atoms with Gasteiger partial charge in [0.25, 0.3) is 0 Å². The van der Waals surface area contributed by atoms with E-state index in [0.29, 0.717) is 6.54 Å². The molecule has 0 aromatic heterocycles. The molecule has 7 nitrogen and oxygen atoms in total. The Hall–Kier alpha value is -0.620. The summed E-state index contributed by atoms with van der Waals surface area (Å²) in [5.41, 5.74) is -0.0166. The van der Waals surface area contributed by atoms with Crippen LogP contribution in [0.15, 0.2) is 0 Å². The number of ether oxygens (including phenoxy) is 1. The second kappa shape index (κ2) is 7.09. The first kappa shape index (κ1) is 17.4. The maximum atomic E-state index is 11.5. The van der Waals surface area contributed by atoms with Crippen molar-refractivity contribution in [3.63, 3.8) is 0 Å². The normalized spacial score (nSPS) is 12.3. The summed E-state index contributed by atoms with van der Waals surface area (Å²) in [7, 11) is -2.79. The fourth-order valence-corrected chi connectivity index (χ4v) is 1.66. The summed E-state index contributed by atoms with van der Waals surface area (Å²) < 4.78 is 19.5. The highest BCUT2D eigenvalue weighted by atomic mass is 31.2.